The predicted octanol–water partition coefficient (Wildman–Crippen LogP) is 0.980. The van der Waals surface area contributed by atoms with Crippen molar-refractivity contribution in [1.82, 2.24) is 4.90 Å². The van der Waals surface area contributed by atoms with E-state index in [2.05, 4.69) is 4.74 Å². The number of carboxylic acid groups (broad SMARTS) is 1. The number of carbonyl (C=O) groups excluding carboxylic acids is 1. The molecule has 0 bridgehead atoms. The lowest BCUT2D eigenvalue weighted by molar-refractivity contribution is -0.149. The highest BCUT2D eigenvalue weighted by Gasteiger charge is 2.39. The minimum Gasteiger partial charge on any atom is -0.480 e. The van der Waals surface area contributed by atoms with Crippen LogP contribution in [-0.2, 0) is 14.3 Å². The normalized spacial score (nSPS) is 23.7. The summed E-state index contributed by atoms with van der Waals surface area (Å²) in [5, 5.41) is 9.02. The average molecular weight is 265 g/mol. The standard InChI is InChI=1S/C11H17F2NO4/c1-7-2-4-14(10(7)11(16)17)9(15)3-5-18-6-8(12)13/h7-8,10H,2-6H2,1H3,(H,16,17). The smallest absolute Gasteiger partial charge is 0.326 e. The van der Waals surface area contributed by atoms with E-state index in [9.17, 15) is 18.4 Å². The molecule has 2 atom stereocenters. The molecule has 7 heteroatoms. The van der Waals surface area contributed by atoms with Gasteiger partial charge in [0.15, 0.2) is 0 Å². The van der Waals surface area contributed by atoms with E-state index in [0.717, 1.165) is 0 Å². The Balaban J connectivity index is 2.39. The van der Waals surface area contributed by atoms with Crippen molar-refractivity contribution in [2.45, 2.75) is 32.2 Å². The topological polar surface area (TPSA) is 66.8 Å². The van der Waals surface area contributed by atoms with Gasteiger partial charge < -0.3 is 14.7 Å². The van der Waals surface area contributed by atoms with Crippen LogP contribution in [0.15, 0.2) is 0 Å². The first-order chi connectivity index (χ1) is 8.43. The van der Waals surface area contributed by atoms with E-state index in [0.29, 0.717) is 13.0 Å². The molecule has 1 amide bonds. The van der Waals surface area contributed by atoms with Crippen LogP contribution in [0.25, 0.3) is 0 Å². The highest BCUT2D eigenvalue weighted by molar-refractivity contribution is 5.84. The van der Waals surface area contributed by atoms with Crippen LogP contribution in [0.5, 0.6) is 0 Å². The molecule has 0 aromatic rings. The van der Waals surface area contributed by atoms with Crippen molar-refractivity contribution in [1.29, 1.82) is 0 Å². The molecular weight excluding hydrogens is 248 g/mol. The second-order valence-corrected chi connectivity index (χ2v) is 4.35. The third-order valence-electron chi connectivity index (χ3n) is 2.98. The monoisotopic (exact) mass is 265 g/mol. The summed E-state index contributed by atoms with van der Waals surface area (Å²) in [6, 6.07) is -0.812. The summed E-state index contributed by atoms with van der Waals surface area (Å²) < 4.78 is 28.2. The van der Waals surface area contributed by atoms with Crippen LogP contribution < -0.4 is 0 Å². The fraction of sp³-hybridized carbons (Fsp3) is 0.818. The Bertz CT molecular complexity index is 311. The second-order valence-electron chi connectivity index (χ2n) is 4.35. The highest BCUT2D eigenvalue weighted by atomic mass is 19.3. The fourth-order valence-electron chi connectivity index (χ4n) is 2.08. The zero-order chi connectivity index (χ0) is 13.7. The van der Waals surface area contributed by atoms with Crippen LogP contribution >= 0.6 is 0 Å². The molecule has 0 aliphatic carbocycles. The lowest BCUT2D eigenvalue weighted by atomic mass is 10.0. The minimum atomic E-state index is -2.56. The second kappa shape index (κ2) is 6.63. The SMILES string of the molecule is CC1CCN(C(=O)CCOCC(F)F)C1C(=O)O. The van der Waals surface area contributed by atoms with Gasteiger partial charge in [-0.05, 0) is 12.3 Å². The maximum absolute atomic E-state index is 11.8. The zero-order valence-electron chi connectivity index (χ0n) is 10.1. The number of hydrogen-bond acceptors (Lipinski definition) is 3. The number of carbonyl (C=O) groups is 2. The maximum atomic E-state index is 11.8. The number of halogens is 2. The van der Waals surface area contributed by atoms with Crippen LogP contribution in [0.2, 0.25) is 0 Å². The summed E-state index contributed by atoms with van der Waals surface area (Å²) in [5.74, 6) is -1.48. The summed E-state index contributed by atoms with van der Waals surface area (Å²) in [7, 11) is 0. The van der Waals surface area contributed by atoms with Gasteiger partial charge in [-0.25, -0.2) is 13.6 Å². The first kappa shape index (κ1) is 14.8. The maximum Gasteiger partial charge on any atom is 0.326 e. The fourth-order valence-corrected chi connectivity index (χ4v) is 2.08. The van der Waals surface area contributed by atoms with Crippen molar-refractivity contribution < 1.29 is 28.2 Å². The molecule has 1 saturated heterocycles. The summed E-state index contributed by atoms with van der Waals surface area (Å²) in [6.45, 7) is 1.36. The van der Waals surface area contributed by atoms with Crippen molar-refractivity contribution in [2.75, 3.05) is 19.8 Å². The number of likely N-dealkylation sites (tertiary alicyclic amines) is 1. The highest BCUT2D eigenvalue weighted by Crippen LogP contribution is 2.24. The van der Waals surface area contributed by atoms with Crippen molar-refractivity contribution in [3.8, 4) is 0 Å². The Labute approximate surface area is 104 Å². The van der Waals surface area contributed by atoms with Gasteiger partial charge in [0.25, 0.3) is 6.43 Å². The quantitative estimate of drug-likeness (QED) is 0.727. The van der Waals surface area contributed by atoms with Gasteiger partial charge in [0.2, 0.25) is 5.91 Å². The molecule has 0 aromatic heterocycles. The number of nitrogens with zero attached hydrogens (tertiary/aromatic N) is 1. The molecule has 1 aliphatic heterocycles. The first-order valence-electron chi connectivity index (χ1n) is 5.81. The zero-order valence-corrected chi connectivity index (χ0v) is 10.1. The van der Waals surface area contributed by atoms with Crippen molar-refractivity contribution in [2.24, 2.45) is 5.92 Å². The lowest BCUT2D eigenvalue weighted by Gasteiger charge is -2.23. The van der Waals surface area contributed by atoms with Crippen molar-refractivity contribution >= 4 is 11.9 Å². The number of hydrogen-bond donors (Lipinski definition) is 1. The largest absolute Gasteiger partial charge is 0.480 e. The summed E-state index contributed by atoms with van der Waals surface area (Å²) >= 11 is 0. The molecule has 1 fully saturated rings. The van der Waals surface area contributed by atoms with Gasteiger partial charge >= 0.3 is 5.97 Å². The minimum absolute atomic E-state index is 0.0662. The molecule has 104 valence electrons. The molecule has 0 radical (unpaired) electrons. The van der Waals surface area contributed by atoms with Gasteiger partial charge in [0.1, 0.15) is 12.6 Å². The molecule has 0 saturated carbocycles. The number of ether oxygens (including phenoxy) is 1. The van der Waals surface area contributed by atoms with Gasteiger partial charge in [0.05, 0.1) is 13.0 Å². The first-order valence-corrected chi connectivity index (χ1v) is 5.81. The number of carboxylic acids is 1. The predicted molar refractivity (Wildman–Crippen MR) is 58.4 cm³/mol. The number of aliphatic carboxylic acids is 1. The molecular formula is C11H17F2NO4. The third kappa shape index (κ3) is 3.90. The Morgan fingerprint density at radius 3 is 2.72 bits per heavy atom. The van der Waals surface area contributed by atoms with Crippen LogP contribution in [0.3, 0.4) is 0 Å². The lowest BCUT2D eigenvalue weighted by Crippen LogP contribution is -2.43. The molecule has 5 nitrogen and oxygen atoms in total. The van der Waals surface area contributed by atoms with Crippen molar-refractivity contribution in [3.05, 3.63) is 0 Å². The number of alkyl halides is 2. The van der Waals surface area contributed by atoms with E-state index in [1.807, 2.05) is 0 Å². The van der Waals surface area contributed by atoms with Crippen LogP contribution in [0.4, 0.5) is 8.78 Å². The summed E-state index contributed by atoms with van der Waals surface area (Å²) in [4.78, 5) is 24.1. The summed E-state index contributed by atoms with van der Waals surface area (Å²) in [5.41, 5.74) is 0. The van der Waals surface area contributed by atoms with E-state index in [4.69, 9.17) is 5.11 Å². The van der Waals surface area contributed by atoms with Crippen LogP contribution in [0, 0.1) is 5.92 Å². The number of rotatable bonds is 6. The molecule has 1 aliphatic rings. The summed E-state index contributed by atoms with van der Waals surface area (Å²) in [6.07, 6.45) is -1.98. The molecule has 2 unspecified atom stereocenters. The molecule has 0 aromatic carbocycles. The van der Waals surface area contributed by atoms with Gasteiger partial charge in [-0.3, -0.25) is 4.79 Å². The Morgan fingerprint density at radius 1 is 1.50 bits per heavy atom. The van der Waals surface area contributed by atoms with Crippen LogP contribution in [0.1, 0.15) is 19.8 Å². The van der Waals surface area contributed by atoms with Gasteiger partial charge in [-0.15, -0.1) is 0 Å². The number of amides is 1. The Morgan fingerprint density at radius 2 is 2.17 bits per heavy atom. The van der Waals surface area contributed by atoms with Gasteiger partial charge in [0, 0.05) is 6.54 Å². The molecule has 1 rings (SSSR count). The average Bonchev–Trinajstić information content (AvgIpc) is 2.66. The third-order valence-corrected chi connectivity index (χ3v) is 2.98. The molecule has 1 heterocycles. The van der Waals surface area contributed by atoms with E-state index >= 15 is 0 Å². The molecule has 1 N–H and O–H groups in total. The molecule has 0 spiro atoms. The van der Waals surface area contributed by atoms with E-state index in [1.54, 1.807) is 6.92 Å². The van der Waals surface area contributed by atoms with E-state index in [1.165, 1.54) is 4.90 Å². The van der Waals surface area contributed by atoms with Gasteiger partial charge in [-0.2, -0.15) is 0 Å². The van der Waals surface area contributed by atoms with Crippen LogP contribution in [-0.4, -0.2) is 54.1 Å². The van der Waals surface area contributed by atoms with Crippen molar-refractivity contribution in [3.63, 3.8) is 0 Å². The molecule has 18 heavy (non-hydrogen) atoms. The Hall–Kier alpha value is -1.24. The Kier molecular flexibility index (Phi) is 5.46. The van der Waals surface area contributed by atoms with E-state index in [-0.39, 0.29) is 24.9 Å². The van der Waals surface area contributed by atoms with Gasteiger partial charge in [-0.1, -0.05) is 6.92 Å². The van der Waals surface area contributed by atoms with E-state index < -0.39 is 25.0 Å².